The Labute approximate surface area is 290 Å². The number of amides is 1. The average Bonchev–Trinajstić information content (AvgIpc) is 3.62. The van der Waals surface area contributed by atoms with Gasteiger partial charge in [0.2, 0.25) is 5.91 Å². The fraction of sp³-hybridized carbons (Fsp3) is 0.432. The summed E-state index contributed by atoms with van der Waals surface area (Å²) < 4.78 is 47.8. The van der Waals surface area contributed by atoms with Gasteiger partial charge in [-0.05, 0) is 82.1 Å². The summed E-state index contributed by atoms with van der Waals surface area (Å²) in [6.07, 6.45) is 6.59. The first-order chi connectivity index (χ1) is 23.5. The van der Waals surface area contributed by atoms with Crippen LogP contribution in [0.4, 0.5) is 18.0 Å². The van der Waals surface area contributed by atoms with E-state index in [0.717, 1.165) is 27.2 Å². The van der Waals surface area contributed by atoms with Crippen molar-refractivity contribution in [3.8, 4) is 28.8 Å². The molecule has 0 unspecified atom stereocenters. The number of carbonyl (C=O) groups excluding carboxylic acids is 2. The minimum atomic E-state index is -4.59. The van der Waals surface area contributed by atoms with E-state index in [1.54, 1.807) is 58.0 Å². The molecule has 4 aromatic rings. The summed E-state index contributed by atoms with van der Waals surface area (Å²) in [6.45, 7) is 10.3. The van der Waals surface area contributed by atoms with Crippen LogP contribution in [-0.4, -0.2) is 36.5 Å². The van der Waals surface area contributed by atoms with Crippen LogP contribution in [-0.2, 0) is 10.9 Å². The third kappa shape index (κ3) is 10.4. The van der Waals surface area contributed by atoms with Crippen molar-refractivity contribution in [3.63, 3.8) is 0 Å². The van der Waals surface area contributed by atoms with Crippen molar-refractivity contribution in [1.82, 2.24) is 18.9 Å². The largest absolute Gasteiger partial charge is 0.444 e. The maximum absolute atomic E-state index is 13.2. The molecule has 2 aromatic heterocycles. The molecule has 0 radical (unpaired) electrons. The Bertz CT molecular complexity index is 1850. The lowest BCUT2D eigenvalue weighted by molar-refractivity contribution is -0.137. The zero-order valence-electron chi connectivity index (χ0n) is 29.4. The third-order valence-electron chi connectivity index (χ3n) is 7.99. The Balaban J connectivity index is 0.000000325. The van der Waals surface area contributed by atoms with Gasteiger partial charge in [-0.25, -0.2) is 18.8 Å². The van der Waals surface area contributed by atoms with Gasteiger partial charge in [-0.2, -0.15) is 23.5 Å². The van der Waals surface area contributed by atoms with Crippen molar-refractivity contribution in [1.29, 1.82) is 5.26 Å². The van der Waals surface area contributed by atoms with E-state index in [4.69, 9.17) is 11.0 Å². The predicted octanol–water partition coefficient (Wildman–Crippen LogP) is 8.60. The van der Waals surface area contributed by atoms with Gasteiger partial charge in [-0.1, -0.05) is 57.9 Å². The summed E-state index contributed by atoms with van der Waals surface area (Å²) in [7, 11) is 0. The van der Waals surface area contributed by atoms with Gasteiger partial charge < -0.3 is 10.5 Å². The van der Waals surface area contributed by atoms with Gasteiger partial charge in [-0.15, -0.1) is 0 Å². The number of nitrogens with two attached hydrogens (primary N) is 1. The Kier molecular flexibility index (Phi) is 13.4. The second kappa shape index (κ2) is 17.0. The number of carbonyl (C=O) groups is 2. The molecule has 0 bridgehead atoms. The smallest absolute Gasteiger partial charge is 0.416 e. The number of aromatic nitrogens is 4. The molecule has 10 nitrogen and oxygen atoms in total. The van der Waals surface area contributed by atoms with E-state index >= 15 is 0 Å². The Morgan fingerprint density at radius 2 is 1.66 bits per heavy atom. The molecule has 2 heterocycles. The first-order valence-electron chi connectivity index (χ1n) is 16.5. The van der Waals surface area contributed by atoms with E-state index in [9.17, 15) is 27.6 Å². The minimum Gasteiger partial charge on any atom is -0.444 e. The molecule has 1 amide bonds. The molecule has 50 heavy (non-hydrogen) atoms. The summed E-state index contributed by atoms with van der Waals surface area (Å²) in [5, 5.41) is 13.3. The van der Waals surface area contributed by atoms with Crippen LogP contribution in [0.2, 0.25) is 0 Å². The van der Waals surface area contributed by atoms with Gasteiger partial charge in [0.1, 0.15) is 5.60 Å². The number of nitriles is 1. The predicted molar refractivity (Wildman–Crippen MR) is 185 cm³/mol. The van der Waals surface area contributed by atoms with Crippen molar-refractivity contribution in [2.75, 3.05) is 0 Å². The number of hydrogen-bond acceptors (Lipinski definition) is 6. The van der Waals surface area contributed by atoms with E-state index in [1.165, 1.54) is 74.9 Å². The van der Waals surface area contributed by atoms with Crippen LogP contribution < -0.4 is 11.4 Å². The summed E-state index contributed by atoms with van der Waals surface area (Å²) in [4.78, 5) is 35.7. The van der Waals surface area contributed by atoms with Crippen molar-refractivity contribution in [3.05, 3.63) is 88.1 Å². The van der Waals surface area contributed by atoms with Gasteiger partial charge in [0.05, 0.1) is 51.8 Å². The topological polar surface area (TPSA) is 138 Å². The lowest BCUT2D eigenvalue weighted by atomic mass is 9.86. The number of primary amides is 1. The second-order valence-corrected chi connectivity index (χ2v) is 13.1. The Morgan fingerprint density at radius 1 is 1.02 bits per heavy atom. The molecule has 5 rings (SSSR count). The van der Waals surface area contributed by atoms with Crippen molar-refractivity contribution in [2.24, 2.45) is 11.7 Å². The summed E-state index contributed by atoms with van der Waals surface area (Å²) in [6, 6.07) is 14.5. The summed E-state index contributed by atoms with van der Waals surface area (Å²) in [5.74, 6) is 0.500. The van der Waals surface area contributed by atoms with Gasteiger partial charge >= 0.3 is 18.0 Å². The average molecular weight is 695 g/mol. The standard InChI is InChI=1S/C23H16F3N5O2.C9H18.C5H11NO2/c1-14-21(20-10-11-28-31(20)18-8-6-16(13-27)7-9-18)30(15(2)32)22(33)29(14)19-5-3-4-17(12-19)23(24,25)26;1-2-6-9-7-4-3-5-8-9;1-5(2,3)8-4(6)7/h3-12H,1-2H3;9H,2-8H2,1H3;1-3H3,(H2,6,7). The van der Waals surface area contributed by atoms with Crippen LogP contribution in [0.5, 0.6) is 0 Å². The van der Waals surface area contributed by atoms with E-state index in [2.05, 4.69) is 16.8 Å². The summed E-state index contributed by atoms with van der Waals surface area (Å²) in [5.41, 5.74) is 4.42. The quantitative estimate of drug-likeness (QED) is 0.222. The maximum atomic E-state index is 13.2. The normalized spacial score (nSPS) is 13.3. The van der Waals surface area contributed by atoms with Crippen LogP contribution in [0.15, 0.2) is 65.6 Å². The molecule has 268 valence electrons. The molecule has 1 saturated carbocycles. The van der Waals surface area contributed by atoms with Gasteiger partial charge in [0.15, 0.2) is 0 Å². The molecule has 2 aromatic carbocycles. The molecule has 1 aliphatic rings. The van der Waals surface area contributed by atoms with E-state index in [-0.39, 0.29) is 17.1 Å². The number of alkyl halides is 3. The maximum Gasteiger partial charge on any atom is 0.416 e. The highest BCUT2D eigenvalue weighted by Crippen LogP contribution is 2.32. The highest BCUT2D eigenvalue weighted by Gasteiger charge is 2.31. The lowest BCUT2D eigenvalue weighted by Crippen LogP contribution is -2.27. The van der Waals surface area contributed by atoms with Crippen LogP contribution in [0.1, 0.15) is 101 Å². The SMILES string of the molecule is CC(=O)n1c(-c2ccnn2-c2ccc(C#N)cc2)c(C)n(-c2cccc(C(F)(F)F)c2)c1=O.CC(C)(C)OC(N)=O.CCCC1CCCCC1. The Hall–Kier alpha value is -5.12. The molecular weight excluding hydrogens is 649 g/mol. The molecule has 0 atom stereocenters. The van der Waals surface area contributed by atoms with Crippen molar-refractivity contribution < 1.29 is 27.5 Å². The van der Waals surface area contributed by atoms with Crippen LogP contribution in [0.3, 0.4) is 0 Å². The number of imidazole rings is 1. The number of rotatable bonds is 5. The van der Waals surface area contributed by atoms with Crippen molar-refractivity contribution >= 4 is 12.0 Å². The first kappa shape index (κ1) is 39.3. The molecule has 13 heteroatoms. The molecule has 1 fully saturated rings. The molecular formula is C37H45F3N6O4. The van der Waals surface area contributed by atoms with Crippen LogP contribution >= 0.6 is 0 Å². The zero-order chi connectivity index (χ0) is 37.2. The van der Waals surface area contributed by atoms with Crippen LogP contribution in [0, 0.1) is 24.2 Å². The highest BCUT2D eigenvalue weighted by molar-refractivity contribution is 5.82. The highest BCUT2D eigenvalue weighted by atomic mass is 19.4. The van der Waals surface area contributed by atoms with Gasteiger partial charge in [0.25, 0.3) is 0 Å². The number of hydrogen-bond donors (Lipinski definition) is 1. The first-order valence-corrected chi connectivity index (χ1v) is 16.5. The second-order valence-electron chi connectivity index (χ2n) is 13.1. The molecule has 0 saturated heterocycles. The number of nitrogens with zero attached hydrogens (tertiary/aromatic N) is 5. The van der Waals surface area contributed by atoms with E-state index in [0.29, 0.717) is 16.9 Å². The molecule has 2 N–H and O–H groups in total. The van der Waals surface area contributed by atoms with Crippen LogP contribution in [0.25, 0.3) is 22.8 Å². The third-order valence-corrected chi connectivity index (χ3v) is 7.99. The molecule has 0 aliphatic heterocycles. The van der Waals surface area contributed by atoms with Gasteiger partial charge in [-0.3, -0.25) is 9.36 Å². The molecule has 1 aliphatic carbocycles. The monoisotopic (exact) mass is 694 g/mol. The van der Waals surface area contributed by atoms with Gasteiger partial charge in [0, 0.05) is 6.92 Å². The Morgan fingerprint density at radius 3 is 2.16 bits per heavy atom. The molecule has 0 spiro atoms. The lowest BCUT2D eigenvalue weighted by Gasteiger charge is -2.20. The number of halogens is 3. The number of benzene rings is 2. The van der Waals surface area contributed by atoms with Crippen molar-refractivity contribution in [2.45, 2.75) is 98.3 Å². The van der Waals surface area contributed by atoms with E-state index in [1.807, 2.05) is 6.07 Å². The summed E-state index contributed by atoms with van der Waals surface area (Å²) >= 11 is 0. The van der Waals surface area contributed by atoms with E-state index < -0.39 is 35.0 Å². The minimum absolute atomic E-state index is 0.0157. The zero-order valence-corrected chi connectivity index (χ0v) is 29.4. The number of ether oxygens (including phenoxy) is 1. The fourth-order valence-corrected chi connectivity index (χ4v) is 5.88. The fourth-order valence-electron chi connectivity index (χ4n) is 5.88.